The highest BCUT2D eigenvalue weighted by Gasteiger charge is 2.15. The van der Waals surface area contributed by atoms with Crippen molar-refractivity contribution in [3.8, 4) is 16.3 Å². The van der Waals surface area contributed by atoms with Gasteiger partial charge in [-0.25, -0.2) is 4.98 Å². The lowest BCUT2D eigenvalue weighted by Crippen LogP contribution is -2.22. The molecule has 1 N–H and O–H groups in total. The zero-order valence-corrected chi connectivity index (χ0v) is 11.9. The Morgan fingerprint density at radius 2 is 2.16 bits per heavy atom. The van der Waals surface area contributed by atoms with Gasteiger partial charge < -0.3 is 10.1 Å². The fourth-order valence-corrected chi connectivity index (χ4v) is 3.25. The second kappa shape index (κ2) is 5.72. The van der Waals surface area contributed by atoms with Crippen molar-refractivity contribution in [2.75, 3.05) is 13.2 Å². The second-order valence-electron chi connectivity index (χ2n) is 4.69. The largest absolute Gasteiger partial charge is 0.494 e. The molecule has 0 amide bonds. The molecule has 2 aromatic rings. The zero-order valence-electron chi connectivity index (χ0n) is 11.1. The Hall–Kier alpha value is -1.39. The van der Waals surface area contributed by atoms with E-state index in [4.69, 9.17) is 9.72 Å². The molecule has 0 atom stereocenters. The summed E-state index contributed by atoms with van der Waals surface area (Å²) in [7, 11) is 0. The number of hydrogen-bond acceptors (Lipinski definition) is 4. The van der Waals surface area contributed by atoms with Crippen LogP contribution >= 0.6 is 11.3 Å². The fourth-order valence-electron chi connectivity index (χ4n) is 2.16. The summed E-state index contributed by atoms with van der Waals surface area (Å²) < 4.78 is 5.60. The summed E-state index contributed by atoms with van der Waals surface area (Å²) in [5.41, 5.74) is 2.45. The van der Waals surface area contributed by atoms with Crippen LogP contribution in [0.15, 0.2) is 24.3 Å². The van der Waals surface area contributed by atoms with Crippen molar-refractivity contribution in [2.45, 2.75) is 26.3 Å². The number of thiazole rings is 1. The van der Waals surface area contributed by atoms with E-state index in [1.165, 1.54) is 16.1 Å². The molecule has 19 heavy (non-hydrogen) atoms. The molecule has 2 heterocycles. The predicted octanol–water partition coefficient (Wildman–Crippen LogP) is 3.24. The highest BCUT2D eigenvalue weighted by atomic mass is 32.1. The second-order valence-corrected chi connectivity index (χ2v) is 5.77. The Kier molecular flexibility index (Phi) is 3.80. The summed E-state index contributed by atoms with van der Waals surface area (Å²) in [6.07, 6.45) is 2.08. The third kappa shape index (κ3) is 2.80. The quantitative estimate of drug-likeness (QED) is 0.929. The van der Waals surface area contributed by atoms with Crippen molar-refractivity contribution in [1.82, 2.24) is 10.3 Å². The highest BCUT2D eigenvalue weighted by Crippen LogP contribution is 2.30. The minimum Gasteiger partial charge on any atom is -0.494 e. The van der Waals surface area contributed by atoms with Gasteiger partial charge in [-0.2, -0.15) is 0 Å². The molecule has 1 aromatic heterocycles. The van der Waals surface area contributed by atoms with E-state index in [-0.39, 0.29) is 0 Å². The van der Waals surface area contributed by atoms with Gasteiger partial charge in [0, 0.05) is 30.0 Å². The number of nitrogens with one attached hydrogen (secondary N) is 1. The molecule has 0 radical (unpaired) electrons. The zero-order chi connectivity index (χ0) is 13.1. The van der Waals surface area contributed by atoms with Crippen LogP contribution in [0.2, 0.25) is 0 Å². The van der Waals surface area contributed by atoms with Gasteiger partial charge in [-0.15, -0.1) is 11.3 Å². The van der Waals surface area contributed by atoms with E-state index in [0.29, 0.717) is 0 Å². The number of rotatable bonds is 4. The summed E-state index contributed by atoms with van der Waals surface area (Å²) >= 11 is 1.80. The summed E-state index contributed by atoms with van der Waals surface area (Å²) in [6.45, 7) is 4.89. The Morgan fingerprint density at radius 1 is 1.32 bits per heavy atom. The number of benzene rings is 1. The minimum atomic E-state index is 0.774. The van der Waals surface area contributed by atoms with Gasteiger partial charge >= 0.3 is 0 Å². The minimum absolute atomic E-state index is 0.774. The summed E-state index contributed by atoms with van der Waals surface area (Å²) in [4.78, 5) is 6.13. The normalized spacial score (nSPS) is 14.2. The van der Waals surface area contributed by atoms with E-state index >= 15 is 0 Å². The van der Waals surface area contributed by atoms with E-state index in [2.05, 4.69) is 24.4 Å². The lowest BCUT2D eigenvalue weighted by Gasteiger charge is -2.09. The average molecular weight is 274 g/mol. The van der Waals surface area contributed by atoms with Crippen molar-refractivity contribution in [1.29, 1.82) is 0 Å². The van der Waals surface area contributed by atoms with Gasteiger partial charge in [0.05, 0.1) is 12.3 Å². The highest BCUT2D eigenvalue weighted by molar-refractivity contribution is 7.15. The molecule has 3 rings (SSSR count). The first-order chi connectivity index (χ1) is 9.36. The molecular weight excluding hydrogens is 256 g/mol. The van der Waals surface area contributed by atoms with E-state index < -0.39 is 0 Å². The van der Waals surface area contributed by atoms with Gasteiger partial charge in [0.1, 0.15) is 10.8 Å². The maximum absolute atomic E-state index is 5.60. The van der Waals surface area contributed by atoms with Crippen molar-refractivity contribution < 1.29 is 4.74 Å². The molecule has 0 unspecified atom stereocenters. The molecule has 4 heteroatoms. The average Bonchev–Trinajstić information content (AvgIpc) is 2.89. The Labute approximate surface area is 117 Å². The molecule has 1 aliphatic heterocycles. The summed E-state index contributed by atoms with van der Waals surface area (Å²) in [5, 5.41) is 4.51. The number of hydrogen-bond donors (Lipinski definition) is 1. The van der Waals surface area contributed by atoms with Gasteiger partial charge in [-0.3, -0.25) is 0 Å². The van der Waals surface area contributed by atoms with Gasteiger partial charge in [0.15, 0.2) is 0 Å². The van der Waals surface area contributed by atoms with Crippen molar-refractivity contribution in [2.24, 2.45) is 0 Å². The van der Waals surface area contributed by atoms with Gasteiger partial charge in [0.25, 0.3) is 0 Å². The molecule has 100 valence electrons. The summed E-state index contributed by atoms with van der Waals surface area (Å²) in [6, 6.07) is 8.26. The van der Waals surface area contributed by atoms with Crippen LogP contribution in [0.1, 0.15) is 23.9 Å². The van der Waals surface area contributed by atoms with Crippen LogP contribution in [0.5, 0.6) is 5.75 Å². The number of nitrogens with zero attached hydrogens (tertiary/aromatic N) is 1. The van der Waals surface area contributed by atoms with Gasteiger partial charge in [-0.1, -0.05) is 6.92 Å². The SMILES string of the molecule is CCCOc1ccc(-c2nc3c(s2)CNCC3)cc1. The monoisotopic (exact) mass is 274 g/mol. The van der Waals surface area contributed by atoms with Crippen LogP contribution in [0.25, 0.3) is 10.6 Å². The Bertz CT molecular complexity index is 524. The lowest BCUT2D eigenvalue weighted by molar-refractivity contribution is 0.317. The van der Waals surface area contributed by atoms with E-state index in [0.717, 1.165) is 43.3 Å². The van der Waals surface area contributed by atoms with Crippen LogP contribution in [0.4, 0.5) is 0 Å². The smallest absolute Gasteiger partial charge is 0.123 e. The topological polar surface area (TPSA) is 34.1 Å². The van der Waals surface area contributed by atoms with Crippen LogP contribution in [0.3, 0.4) is 0 Å². The molecule has 0 fully saturated rings. The molecule has 1 aromatic carbocycles. The first-order valence-electron chi connectivity index (χ1n) is 6.79. The molecule has 0 saturated heterocycles. The van der Waals surface area contributed by atoms with Crippen LogP contribution < -0.4 is 10.1 Å². The molecule has 3 nitrogen and oxygen atoms in total. The third-order valence-electron chi connectivity index (χ3n) is 3.18. The fraction of sp³-hybridized carbons (Fsp3) is 0.400. The van der Waals surface area contributed by atoms with Crippen LogP contribution in [-0.4, -0.2) is 18.1 Å². The maximum atomic E-state index is 5.60. The van der Waals surface area contributed by atoms with Crippen LogP contribution in [-0.2, 0) is 13.0 Å². The maximum Gasteiger partial charge on any atom is 0.123 e. The predicted molar refractivity (Wildman–Crippen MR) is 78.7 cm³/mol. The van der Waals surface area contributed by atoms with Gasteiger partial charge in [0.2, 0.25) is 0 Å². The van der Waals surface area contributed by atoms with Crippen molar-refractivity contribution in [3.05, 3.63) is 34.8 Å². The summed E-state index contributed by atoms with van der Waals surface area (Å²) in [5.74, 6) is 0.939. The Balaban J connectivity index is 1.79. The van der Waals surface area contributed by atoms with Crippen molar-refractivity contribution >= 4 is 11.3 Å². The Morgan fingerprint density at radius 3 is 2.89 bits per heavy atom. The molecular formula is C15H18N2OS. The molecule has 0 spiro atoms. The van der Waals surface area contributed by atoms with E-state index in [1.807, 2.05) is 12.1 Å². The van der Waals surface area contributed by atoms with Crippen LogP contribution in [0, 0.1) is 0 Å². The van der Waals surface area contributed by atoms with E-state index in [1.54, 1.807) is 11.3 Å². The molecule has 1 aliphatic rings. The first-order valence-corrected chi connectivity index (χ1v) is 7.61. The number of fused-ring (bicyclic) bond motifs is 1. The van der Waals surface area contributed by atoms with E-state index in [9.17, 15) is 0 Å². The van der Waals surface area contributed by atoms with Gasteiger partial charge in [-0.05, 0) is 30.7 Å². The lowest BCUT2D eigenvalue weighted by atomic mass is 10.2. The standard InChI is InChI=1S/C15H18N2OS/c1-2-9-18-12-5-3-11(4-6-12)15-17-13-7-8-16-10-14(13)19-15/h3-6,16H,2,7-10H2,1H3. The molecule has 0 aliphatic carbocycles. The first kappa shape index (κ1) is 12.6. The third-order valence-corrected chi connectivity index (χ3v) is 4.32. The molecule has 0 saturated carbocycles. The molecule has 0 bridgehead atoms. The number of ether oxygens (including phenoxy) is 1. The number of aromatic nitrogens is 1. The van der Waals surface area contributed by atoms with Crippen molar-refractivity contribution in [3.63, 3.8) is 0 Å².